The van der Waals surface area contributed by atoms with Crippen molar-refractivity contribution in [2.75, 3.05) is 6.54 Å². The second-order valence-corrected chi connectivity index (χ2v) is 7.20. The predicted octanol–water partition coefficient (Wildman–Crippen LogP) is 2.55. The van der Waals surface area contributed by atoms with Gasteiger partial charge in [-0.15, -0.1) is 0 Å². The van der Waals surface area contributed by atoms with Gasteiger partial charge in [-0.3, -0.25) is 0 Å². The molecule has 3 N–H and O–H groups in total. The van der Waals surface area contributed by atoms with E-state index in [1.165, 1.54) is 0 Å². The fraction of sp³-hybridized carbons (Fsp3) is 0.538. The lowest BCUT2D eigenvalue weighted by Gasteiger charge is -2.17. The second-order valence-electron chi connectivity index (χ2n) is 4.61. The van der Waals surface area contributed by atoms with Gasteiger partial charge < -0.3 is 5.73 Å². The first-order valence-corrected chi connectivity index (χ1v) is 8.67. The van der Waals surface area contributed by atoms with Gasteiger partial charge in [0.15, 0.2) is 0 Å². The monoisotopic (exact) mass is 348 g/mol. The molecule has 0 aromatic heterocycles. The smallest absolute Gasteiger partial charge is 0.241 e. The van der Waals surface area contributed by atoms with E-state index in [0.717, 1.165) is 23.7 Å². The third kappa shape index (κ3) is 4.87. The van der Waals surface area contributed by atoms with Crippen LogP contribution in [0.3, 0.4) is 0 Å². The van der Waals surface area contributed by atoms with Crippen LogP contribution >= 0.6 is 15.9 Å². The van der Waals surface area contributed by atoms with Crippen molar-refractivity contribution in [3.8, 4) is 0 Å². The standard InChI is InChI=1S/C13H21BrN2O2S/c1-3-4-5-12(9-15)16-19(17,18)13-7-6-11(14)8-10(13)2/h6-8,12,16H,3-5,9,15H2,1-2H3. The van der Waals surface area contributed by atoms with Crippen molar-refractivity contribution in [2.45, 2.75) is 44.0 Å². The highest BCUT2D eigenvalue weighted by molar-refractivity contribution is 9.10. The molecule has 6 heteroatoms. The molecule has 1 atom stereocenters. The van der Waals surface area contributed by atoms with Gasteiger partial charge in [-0.25, -0.2) is 13.1 Å². The van der Waals surface area contributed by atoms with Crippen molar-refractivity contribution >= 4 is 26.0 Å². The Morgan fingerprint density at radius 1 is 1.42 bits per heavy atom. The summed E-state index contributed by atoms with van der Waals surface area (Å²) >= 11 is 3.33. The molecule has 0 amide bonds. The Kier molecular flexibility index (Phi) is 6.46. The van der Waals surface area contributed by atoms with E-state index in [-0.39, 0.29) is 6.04 Å². The highest BCUT2D eigenvalue weighted by atomic mass is 79.9. The van der Waals surface area contributed by atoms with E-state index < -0.39 is 10.0 Å². The lowest BCUT2D eigenvalue weighted by Crippen LogP contribution is -2.40. The summed E-state index contributed by atoms with van der Waals surface area (Å²) in [6.07, 6.45) is 2.75. The van der Waals surface area contributed by atoms with Gasteiger partial charge in [-0.1, -0.05) is 35.7 Å². The van der Waals surface area contributed by atoms with Crippen LogP contribution in [0.4, 0.5) is 0 Å². The number of nitrogens with two attached hydrogens (primary N) is 1. The molecule has 0 aliphatic rings. The van der Waals surface area contributed by atoms with Crippen molar-refractivity contribution in [3.63, 3.8) is 0 Å². The number of hydrogen-bond donors (Lipinski definition) is 2. The molecule has 19 heavy (non-hydrogen) atoms. The molecule has 0 saturated heterocycles. The first kappa shape index (κ1) is 16.6. The zero-order valence-corrected chi connectivity index (χ0v) is 13.7. The molecule has 0 radical (unpaired) electrons. The number of hydrogen-bond acceptors (Lipinski definition) is 3. The third-order valence-corrected chi connectivity index (χ3v) is 5.11. The molecular weight excluding hydrogens is 328 g/mol. The molecule has 0 aliphatic carbocycles. The Labute approximate surface area is 124 Å². The fourth-order valence-electron chi connectivity index (χ4n) is 1.87. The first-order valence-electron chi connectivity index (χ1n) is 6.39. The summed E-state index contributed by atoms with van der Waals surface area (Å²) < 4.78 is 28.2. The van der Waals surface area contributed by atoms with Crippen molar-refractivity contribution in [1.82, 2.24) is 4.72 Å². The number of halogens is 1. The van der Waals surface area contributed by atoms with Crippen molar-refractivity contribution in [3.05, 3.63) is 28.2 Å². The van der Waals surface area contributed by atoms with Crippen LogP contribution in [-0.4, -0.2) is 21.0 Å². The van der Waals surface area contributed by atoms with Crippen molar-refractivity contribution < 1.29 is 8.42 Å². The highest BCUT2D eigenvalue weighted by Crippen LogP contribution is 2.20. The lowest BCUT2D eigenvalue weighted by atomic mass is 10.1. The Balaban J connectivity index is 2.90. The number of aryl methyl sites for hydroxylation is 1. The first-order chi connectivity index (χ1) is 8.90. The van der Waals surface area contributed by atoms with Crippen LogP contribution < -0.4 is 10.5 Å². The minimum Gasteiger partial charge on any atom is -0.329 e. The van der Waals surface area contributed by atoms with Crippen LogP contribution in [0.2, 0.25) is 0 Å². The lowest BCUT2D eigenvalue weighted by molar-refractivity contribution is 0.516. The van der Waals surface area contributed by atoms with E-state index in [9.17, 15) is 8.42 Å². The zero-order valence-electron chi connectivity index (χ0n) is 11.3. The van der Waals surface area contributed by atoms with E-state index in [2.05, 4.69) is 27.6 Å². The molecule has 0 heterocycles. The summed E-state index contributed by atoms with van der Waals surface area (Å²) in [4.78, 5) is 0.311. The summed E-state index contributed by atoms with van der Waals surface area (Å²) in [6.45, 7) is 4.17. The van der Waals surface area contributed by atoms with E-state index in [1.807, 2.05) is 0 Å². The summed E-state index contributed by atoms with van der Waals surface area (Å²) in [5, 5.41) is 0. The van der Waals surface area contributed by atoms with Gasteiger partial charge in [0.1, 0.15) is 0 Å². The SMILES string of the molecule is CCCCC(CN)NS(=O)(=O)c1ccc(Br)cc1C. The second kappa shape index (κ2) is 7.38. The zero-order chi connectivity index (χ0) is 14.5. The molecule has 0 bridgehead atoms. The molecule has 0 spiro atoms. The molecular formula is C13H21BrN2O2S. The molecule has 1 aromatic carbocycles. The van der Waals surface area contributed by atoms with E-state index >= 15 is 0 Å². The third-order valence-electron chi connectivity index (χ3n) is 2.94. The predicted molar refractivity (Wildman–Crippen MR) is 81.6 cm³/mol. The maximum atomic E-state index is 12.3. The van der Waals surface area contributed by atoms with Gasteiger partial charge in [0.2, 0.25) is 10.0 Å². The Morgan fingerprint density at radius 2 is 2.11 bits per heavy atom. The number of sulfonamides is 1. The van der Waals surface area contributed by atoms with Gasteiger partial charge in [-0.2, -0.15) is 0 Å². The molecule has 0 saturated carbocycles. The van der Waals surface area contributed by atoms with Gasteiger partial charge in [0.05, 0.1) is 4.90 Å². The van der Waals surface area contributed by atoms with Gasteiger partial charge in [-0.05, 0) is 37.1 Å². The molecule has 1 unspecified atom stereocenters. The van der Waals surface area contributed by atoms with E-state index in [1.54, 1.807) is 25.1 Å². The van der Waals surface area contributed by atoms with Gasteiger partial charge in [0.25, 0.3) is 0 Å². The minimum absolute atomic E-state index is 0.201. The Hall–Kier alpha value is -0.430. The Morgan fingerprint density at radius 3 is 2.63 bits per heavy atom. The Bertz CT molecular complexity index is 517. The van der Waals surface area contributed by atoms with Crippen LogP contribution in [-0.2, 0) is 10.0 Å². The topological polar surface area (TPSA) is 72.2 Å². The summed E-state index contributed by atoms with van der Waals surface area (Å²) in [7, 11) is -3.50. The highest BCUT2D eigenvalue weighted by Gasteiger charge is 2.20. The fourth-order valence-corrected chi connectivity index (χ4v) is 3.86. The van der Waals surface area contributed by atoms with E-state index in [0.29, 0.717) is 17.0 Å². The molecule has 108 valence electrons. The van der Waals surface area contributed by atoms with E-state index in [4.69, 9.17) is 5.73 Å². The quantitative estimate of drug-likeness (QED) is 0.795. The normalized spacial score (nSPS) is 13.5. The van der Waals surface area contributed by atoms with Gasteiger partial charge in [0, 0.05) is 17.1 Å². The average molecular weight is 349 g/mol. The summed E-state index contributed by atoms with van der Waals surface area (Å²) in [5.74, 6) is 0. The number of rotatable bonds is 7. The minimum atomic E-state index is -3.50. The molecule has 1 aromatic rings. The molecule has 0 fully saturated rings. The number of unbranched alkanes of at least 4 members (excludes halogenated alkanes) is 1. The maximum absolute atomic E-state index is 12.3. The van der Waals surface area contributed by atoms with Crippen molar-refractivity contribution in [2.24, 2.45) is 5.73 Å². The summed E-state index contributed by atoms with van der Waals surface area (Å²) in [5.41, 5.74) is 6.34. The van der Waals surface area contributed by atoms with Crippen LogP contribution in [0.5, 0.6) is 0 Å². The molecule has 4 nitrogen and oxygen atoms in total. The molecule has 1 rings (SSSR count). The average Bonchev–Trinajstić information content (AvgIpc) is 2.33. The summed E-state index contributed by atoms with van der Waals surface area (Å²) in [6, 6.07) is 4.92. The van der Waals surface area contributed by atoms with Crippen LogP contribution in [0.15, 0.2) is 27.6 Å². The molecule has 0 aliphatic heterocycles. The number of benzene rings is 1. The van der Waals surface area contributed by atoms with Crippen LogP contribution in [0.25, 0.3) is 0 Å². The largest absolute Gasteiger partial charge is 0.329 e. The van der Waals surface area contributed by atoms with Gasteiger partial charge >= 0.3 is 0 Å². The van der Waals surface area contributed by atoms with Crippen LogP contribution in [0.1, 0.15) is 31.7 Å². The maximum Gasteiger partial charge on any atom is 0.241 e. The number of nitrogens with one attached hydrogen (secondary N) is 1. The van der Waals surface area contributed by atoms with Crippen molar-refractivity contribution in [1.29, 1.82) is 0 Å². The van der Waals surface area contributed by atoms with Crippen LogP contribution in [0, 0.1) is 6.92 Å².